The van der Waals surface area contributed by atoms with Crippen molar-refractivity contribution in [3.8, 4) is 0 Å². The third-order valence-electron chi connectivity index (χ3n) is 4.42. The molecule has 120 valence electrons. The van der Waals surface area contributed by atoms with E-state index in [9.17, 15) is 9.59 Å². The number of nitrogens with zero attached hydrogens (tertiary/aromatic N) is 6. The first kappa shape index (κ1) is 13.7. The Morgan fingerprint density at radius 2 is 2.09 bits per heavy atom. The van der Waals surface area contributed by atoms with Gasteiger partial charge in [0.25, 0.3) is 5.56 Å². The van der Waals surface area contributed by atoms with Crippen molar-refractivity contribution in [2.24, 2.45) is 14.1 Å². The van der Waals surface area contributed by atoms with Gasteiger partial charge in [0, 0.05) is 26.8 Å². The first-order valence-corrected chi connectivity index (χ1v) is 7.28. The smallest absolute Gasteiger partial charge is 0.332 e. The summed E-state index contributed by atoms with van der Waals surface area (Å²) in [6.45, 7) is 0.616. The number of aromatic amines is 1. The Kier molecular flexibility index (Phi) is 2.71. The van der Waals surface area contributed by atoms with E-state index in [1.165, 1.54) is 11.6 Å². The molecule has 0 bridgehead atoms. The van der Waals surface area contributed by atoms with Gasteiger partial charge in [0.15, 0.2) is 11.2 Å². The van der Waals surface area contributed by atoms with E-state index in [0.29, 0.717) is 23.7 Å². The predicted molar refractivity (Wildman–Crippen MR) is 82.3 cm³/mol. The Morgan fingerprint density at radius 3 is 2.74 bits per heavy atom. The van der Waals surface area contributed by atoms with E-state index in [4.69, 9.17) is 0 Å². The molecule has 0 amide bonds. The third-order valence-corrected chi connectivity index (χ3v) is 4.42. The van der Waals surface area contributed by atoms with E-state index in [2.05, 4.69) is 25.6 Å². The van der Waals surface area contributed by atoms with Crippen LogP contribution >= 0.6 is 0 Å². The number of fused-ring (bicyclic) bond motifs is 1. The van der Waals surface area contributed by atoms with Crippen molar-refractivity contribution in [3.63, 3.8) is 0 Å². The standard InChI is InChI=1S/C13H16N8O2/c1-19-9-8(10(22)20(2)12(19)23)16-11(17-9)14-7-13(3-4-13)21-6-5-15-18-21/h5-6H,3-4,7H2,1-2H3,(H2,14,16,17). The lowest BCUT2D eigenvalue weighted by Crippen LogP contribution is -2.36. The summed E-state index contributed by atoms with van der Waals surface area (Å²) in [7, 11) is 3.04. The lowest BCUT2D eigenvalue weighted by atomic mass is 10.3. The highest BCUT2D eigenvalue weighted by Crippen LogP contribution is 2.42. The highest BCUT2D eigenvalue weighted by molar-refractivity contribution is 5.72. The quantitative estimate of drug-likeness (QED) is 0.648. The average Bonchev–Trinajstić information content (AvgIpc) is 2.99. The molecule has 0 aromatic carbocycles. The molecule has 23 heavy (non-hydrogen) atoms. The molecule has 0 atom stereocenters. The Balaban J connectivity index is 1.66. The number of aryl methyl sites for hydroxylation is 1. The molecule has 10 nitrogen and oxygen atoms in total. The first-order chi connectivity index (χ1) is 11.0. The van der Waals surface area contributed by atoms with Crippen LogP contribution in [0.1, 0.15) is 12.8 Å². The minimum absolute atomic E-state index is 0.0910. The summed E-state index contributed by atoms with van der Waals surface area (Å²) in [6.07, 6.45) is 5.50. The molecule has 1 saturated carbocycles. The van der Waals surface area contributed by atoms with Crippen LogP contribution in [0.4, 0.5) is 5.95 Å². The number of H-pyrrole nitrogens is 1. The maximum atomic E-state index is 12.1. The van der Waals surface area contributed by atoms with Gasteiger partial charge in [-0.05, 0) is 12.8 Å². The fourth-order valence-corrected chi connectivity index (χ4v) is 2.75. The van der Waals surface area contributed by atoms with Gasteiger partial charge in [-0.1, -0.05) is 5.21 Å². The van der Waals surface area contributed by atoms with Gasteiger partial charge in [0.05, 0.1) is 11.7 Å². The number of anilines is 1. The van der Waals surface area contributed by atoms with Crippen LogP contribution in [0.15, 0.2) is 22.0 Å². The van der Waals surface area contributed by atoms with Crippen LogP contribution in [0.3, 0.4) is 0 Å². The lowest BCUT2D eigenvalue weighted by molar-refractivity contribution is 0.439. The molecule has 1 aliphatic rings. The zero-order chi connectivity index (χ0) is 16.2. The molecule has 0 unspecified atom stereocenters. The van der Waals surface area contributed by atoms with E-state index in [1.54, 1.807) is 13.2 Å². The molecule has 1 aliphatic carbocycles. The Labute approximate surface area is 129 Å². The van der Waals surface area contributed by atoms with Crippen LogP contribution in [0.25, 0.3) is 11.2 Å². The van der Waals surface area contributed by atoms with Crippen molar-refractivity contribution in [1.82, 2.24) is 34.1 Å². The van der Waals surface area contributed by atoms with Crippen molar-refractivity contribution >= 4 is 17.1 Å². The normalized spacial score (nSPS) is 15.9. The van der Waals surface area contributed by atoms with Crippen molar-refractivity contribution in [2.75, 3.05) is 11.9 Å². The zero-order valence-electron chi connectivity index (χ0n) is 12.8. The van der Waals surface area contributed by atoms with Crippen LogP contribution in [0.5, 0.6) is 0 Å². The van der Waals surface area contributed by atoms with Gasteiger partial charge in [-0.25, -0.2) is 9.48 Å². The molecule has 10 heteroatoms. The molecular formula is C13H16N8O2. The van der Waals surface area contributed by atoms with Gasteiger partial charge >= 0.3 is 5.69 Å². The second kappa shape index (κ2) is 4.54. The first-order valence-electron chi connectivity index (χ1n) is 7.28. The van der Waals surface area contributed by atoms with Gasteiger partial charge in [-0.15, -0.1) is 5.10 Å². The van der Waals surface area contributed by atoms with Crippen LogP contribution in [0, 0.1) is 0 Å². The lowest BCUT2D eigenvalue weighted by Gasteiger charge is -2.15. The molecule has 0 saturated heterocycles. The Bertz CT molecular complexity index is 990. The predicted octanol–water partition coefficient (Wildman–Crippen LogP) is -0.847. The molecule has 0 spiro atoms. The summed E-state index contributed by atoms with van der Waals surface area (Å²) >= 11 is 0. The molecule has 0 radical (unpaired) electrons. The summed E-state index contributed by atoms with van der Waals surface area (Å²) in [4.78, 5) is 31.4. The van der Waals surface area contributed by atoms with Gasteiger partial charge in [-0.2, -0.15) is 4.98 Å². The minimum atomic E-state index is -0.401. The average molecular weight is 316 g/mol. The third kappa shape index (κ3) is 1.98. The van der Waals surface area contributed by atoms with Crippen LogP contribution < -0.4 is 16.6 Å². The summed E-state index contributed by atoms with van der Waals surface area (Å²) < 4.78 is 4.25. The number of aromatic nitrogens is 7. The van der Waals surface area contributed by atoms with Crippen LogP contribution in [-0.2, 0) is 19.6 Å². The van der Waals surface area contributed by atoms with Crippen molar-refractivity contribution in [1.29, 1.82) is 0 Å². The largest absolute Gasteiger partial charge is 0.353 e. The van der Waals surface area contributed by atoms with Gasteiger partial charge < -0.3 is 10.3 Å². The zero-order valence-corrected chi connectivity index (χ0v) is 12.8. The molecule has 3 aromatic heterocycles. The van der Waals surface area contributed by atoms with E-state index >= 15 is 0 Å². The van der Waals surface area contributed by atoms with Crippen LogP contribution in [-0.4, -0.2) is 40.6 Å². The highest BCUT2D eigenvalue weighted by Gasteiger charge is 2.45. The molecule has 1 fully saturated rings. The topological polar surface area (TPSA) is 115 Å². The van der Waals surface area contributed by atoms with Gasteiger partial charge in [-0.3, -0.25) is 13.9 Å². The highest BCUT2D eigenvalue weighted by atomic mass is 16.2. The van der Waals surface area contributed by atoms with Gasteiger partial charge in [0.1, 0.15) is 0 Å². The maximum Gasteiger partial charge on any atom is 0.332 e. The summed E-state index contributed by atoms with van der Waals surface area (Å²) in [5, 5.41) is 11.1. The van der Waals surface area contributed by atoms with E-state index < -0.39 is 5.69 Å². The molecule has 2 N–H and O–H groups in total. The summed E-state index contributed by atoms with van der Waals surface area (Å²) in [5.74, 6) is 0.463. The monoisotopic (exact) mass is 316 g/mol. The number of nitrogens with one attached hydrogen (secondary N) is 2. The number of imidazole rings is 1. The summed E-state index contributed by atoms with van der Waals surface area (Å²) in [6, 6.07) is 0. The van der Waals surface area contributed by atoms with Crippen LogP contribution in [0.2, 0.25) is 0 Å². The number of hydrogen-bond donors (Lipinski definition) is 2. The fraction of sp³-hybridized carbons (Fsp3) is 0.462. The van der Waals surface area contributed by atoms with Crippen molar-refractivity contribution < 1.29 is 0 Å². The number of rotatable bonds is 4. The van der Waals surface area contributed by atoms with Crippen molar-refractivity contribution in [3.05, 3.63) is 33.2 Å². The maximum absolute atomic E-state index is 12.1. The molecule has 3 aromatic rings. The van der Waals surface area contributed by atoms with Gasteiger partial charge in [0.2, 0.25) is 5.95 Å². The fourth-order valence-electron chi connectivity index (χ4n) is 2.75. The molecule has 4 rings (SSSR count). The molecule has 0 aliphatic heterocycles. The second-order valence-corrected chi connectivity index (χ2v) is 5.92. The van der Waals surface area contributed by atoms with E-state index in [1.807, 2.05) is 10.9 Å². The number of hydrogen-bond acceptors (Lipinski definition) is 6. The van der Waals surface area contributed by atoms with E-state index in [-0.39, 0.29) is 11.1 Å². The SMILES string of the molecule is Cn1c(=O)c2[nH]c(NCC3(n4ccnn4)CC3)nc2n(C)c1=O. The Morgan fingerprint density at radius 1 is 1.30 bits per heavy atom. The minimum Gasteiger partial charge on any atom is -0.353 e. The van der Waals surface area contributed by atoms with Crippen molar-refractivity contribution in [2.45, 2.75) is 18.4 Å². The Hall–Kier alpha value is -2.91. The van der Waals surface area contributed by atoms with E-state index in [0.717, 1.165) is 17.4 Å². The molecule has 3 heterocycles. The second-order valence-electron chi connectivity index (χ2n) is 5.92. The molecular weight excluding hydrogens is 300 g/mol. The summed E-state index contributed by atoms with van der Waals surface area (Å²) in [5.41, 5.74) is -0.233.